The number of H-pyrrole nitrogens is 1. The first-order valence-corrected chi connectivity index (χ1v) is 5.70. The first-order chi connectivity index (χ1) is 8.66. The number of aromatic amines is 1. The van der Waals surface area contributed by atoms with Gasteiger partial charge in [0.25, 0.3) is 0 Å². The van der Waals surface area contributed by atoms with E-state index in [1.54, 1.807) is 18.2 Å². The molecule has 0 fully saturated rings. The average Bonchev–Trinajstić information content (AvgIpc) is 2.78. The fourth-order valence-electron chi connectivity index (χ4n) is 1.85. The van der Waals surface area contributed by atoms with Crippen molar-refractivity contribution in [2.45, 2.75) is 0 Å². The minimum absolute atomic E-state index is 0.181. The molecule has 0 radical (unpaired) electrons. The maximum Gasteiger partial charge on any atom is 0.168 e. The third-order valence-corrected chi connectivity index (χ3v) is 3.04. The zero-order valence-corrected chi connectivity index (χ0v) is 9.94. The minimum Gasteiger partial charge on any atom is -0.504 e. The summed E-state index contributed by atoms with van der Waals surface area (Å²) < 4.78 is 0. The summed E-state index contributed by atoms with van der Waals surface area (Å²) in [4.78, 5) is 7.38. The van der Waals surface area contributed by atoms with Crippen molar-refractivity contribution < 1.29 is 10.2 Å². The van der Waals surface area contributed by atoms with Gasteiger partial charge in [-0.1, -0.05) is 23.7 Å². The molecule has 0 aliphatic heterocycles. The predicted molar refractivity (Wildman–Crippen MR) is 69.9 cm³/mol. The monoisotopic (exact) mass is 260 g/mol. The van der Waals surface area contributed by atoms with E-state index in [0.717, 1.165) is 5.52 Å². The molecule has 0 atom stereocenters. The van der Waals surface area contributed by atoms with Crippen molar-refractivity contribution in [2.75, 3.05) is 0 Å². The maximum absolute atomic E-state index is 9.80. The van der Waals surface area contributed by atoms with Gasteiger partial charge in [-0.15, -0.1) is 0 Å². The number of hydrogen-bond donors (Lipinski definition) is 3. The zero-order valence-electron chi connectivity index (χ0n) is 9.18. The van der Waals surface area contributed by atoms with Crippen LogP contribution in [0.25, 0.3) is 22.4 Å². The van der Waals surface area contributed by atoms with E-state index in [1.165, 1.54) is 6.07 Å². The van der Waals surface area contributed by atoms with Crippen LogP contribution in [0, 0.1) is 0 Å². The molecule has 1 aromatic heterocycles. The highest BCUT2D eigenvalue weighted by molar-refractivity contribution is 6.35. The molecule has 0 aliphatic rings. The molecule has 18 heavy (non-hydrogen) atoms. The normalized spacial score (nSPS) is 10.9. The van der Waals surface area contributed by atoms with Gasteiger partial charge in [-0.3, -0.25) is 0 Å². The number of para-hydroxylation sites is 2. The number of phenolic OH excluding ortho intramolecular Hbond substituents is 2. The van der Waals surface area contributed by atoms with Gasteiger partial charge in [-0.25, -0.2) is 4.98 Å². The van der Waals surface area contributed by atoms with Gasteiger partial charge in [-0.05, 0) is 24.3 Å². The minimum atomic E-state index is -0.201. The number of nitrogens with one attached hydrogen (secondary N) is 1. The van der Waals surface area contributed by atoms with Crippen molar-refractivity contribution in [3.05, 3.63) is 41.4 Å². The van der Waals surface area contributed by atoms with Crippen molar-refractivity contribution in [1.82, 2.24) is 9.97 Å². The Balaban J connectivity index is 2.26. The number of rotatable bonds is 1. The van der Waals surface area contributed by atoms with E-state index in [2.05, 4.69) is 9.97 Å². The summed E-state index contributed by atoms with van der Waals surface area (Å²) in [5.74, 6) is 0.0817. The van der Waals surface area contributed by atoms with Gasteiger partial charge in [0.2, 0.25) is 0 Å². The Hall–Kier alpha value is -2.20. The maximum atomic E-state index is 9.80. The Morgan fingerprint density at radius 2 is 1.83 bits per heavy atom. The Labute approximate surface area is 107 Å². The Morgan fingerprint density at radius 3 is 2.61 bits per heavy atom. The number of phenols is 2. The van der Waals surface area contributed by atoms with E-state index in [1.807, 2.05) is 12.1 Å². The quantitative estimate of drug-likeness (QED) is 0.588. The van der Waals surface area contributed by atoms with Crippen LogP contribution < -0.4 is 0 Å². The van der Waals surface area contributed by atoms with Crippen LogP contribution in [0.4, 0.5) is 0 Å². The first-order valence-electron chi connectivity index (χ1n) is 5.32. The van der Waals surface area contributed by atoms with Crippen LogP contribution >= 0.6 is 11.6 Å². The van der Waals surface area contributed by atoms with E-state index in [9.17, 15) is 10.2 Å². The highest BCUT2D eigenvalue weighted by Crippen LogP contribution is 2.36. The standard InChI is InChI=1S/C13H9ClN2O2/c14-8-4-2-5-9-11(8)16-13(15-9)7-3-1-6-10(17)12(7)18/h1-6,17-18H,(H,15,16). The highest BCUT2D eigenvalue weighted by Gasteiger charge is 2.13. The van der Waals surface area contributed by atoms with Crippen molar-refractivity contribution in [3.8, 4) is 22.9 Å². The Bertz CT molecular complexity index is 737. The van der Waals surface area contributed by atoms with Crippen LogP contribution in [-0.4, -0.2) is 20.2 Å². The van der Waals surface area contributed by atoms with Gasteiger partial charge in [-0.2, -0.15) is 0 Å². The number of aromatic hydroxyl groups is 2. The summed E-state index contributed by atoms with van der Waals surface area (Å²) in [5, 5.41) is 19.8. The number of fused-ring (bicyclic) bond motifs is 1. The van der Waals surface area contributed by atoms with E-state index in [4.69, 9.17) is 11.6 Å². The van der Waals surface area contributed by atoms with Gasteiger partial charge in [0, 0.05) is 0 Å². The number of benzene rings is 2. The lowest BCUT2D eigenvalue weighted by Crippen LogP contribution is -1.81. The van der Waals surface area contributed by atoms with Crippen molar-refractivity contribution in [3.63, 3.8) is 0 Å². The third kappa shape index (κ3) is 1.58. The summed E-state index contributed by atoms with van der Waals surface area (Å²) >= 11 is 6.03. The van der Waals surface area contributed by atoms with Crippen molar-refractivity contribution >= 4 is 22.6 Å². The molecule has 0 unspecified atom stereocenters. The lowest BCUT2D eigenvalue weighted by Gasteiger charge is -2.02. The van der Waals surface area contributed by atoms with E-state index >= 15 is 0 Å². The molecule has 0 bridgehead atoms. The van der Waals surface area contributed by atoms with Gasteiger partial charge in [0.15, 0.2) is 11.5 Å². The molecule has 2 aromatic carbocycles. The number of nitrogens with zero attached hydrogens (tertiary/aromatic N) is 1. The fraction of sp³-hybridized carbons (Fsp3) is 0. The predicted octanol–water partition coefficient (Wildman–Crippen LogP) is 3.29. The average molecular weight is 261 g/mol. The Morgan fingerprint density at radius 1 is 1.06 bits per heavy atom. The van der Waals surface area contributed by atoms with Crippen LogP contribution in [0.5, 0.6) is 11.5 Å². The number of imidazole rings is 1. The number of hydrogen-bond acceptors (Lipinski definition) is 3. The molecule has 3 aromatic rings. The van der Waals surface area contributed by atoms with Crippen LogP contribution in [0.15, 0.2) is 36.4 Å². The summed E-state index contributed by atoms with van der Waals surface area (Å²) in [7, 11) is 0. The van der Waals surface area contributed by atoms with E-state index in [-0.39, 0.29) is 11.5 Å². The van der Waals surface area contributed by atoms with Crippen molar-refractivity contribution in [2.24, 2.45) is 0 Å². The summed E-state index contributed by atoms with van der Waals surface area (Å²) in [5.41, 5.74) is 1.85. The molecule has 3 rings (SSSR count). The molecule has 90 valence electrons. The van der Waals surface area contributed by atoms with E-state index in [0.29, 0.717) is 21.9 Å². The Kier molecular flexibility index (Phi) is 2.38. The van der Waals surface area contributed by atoms with Crippen LogP contribution in [0.1, 0.15) is 0 Å². The smallest absolute Gasteiger partial charge is 0.168 e. The highest BCUT2D eigenvalue weighted by atomic mass is 35.5. The molecule has 0 aliphatic carbocycles. The lowest BCUT2D eigenvalue weighted by atomic mass is 10.2. The number of halogens is 1. The second-order valence-electron chi connectivity index (χ2n) is 3.89. The van der Waals surface area contributed by atoms with Crippen molar-refractivity contribution in [1.29, 1.82) is 0 Å². The molecule has 0 spiro atoms. The van der Waals surface area contributed by atoms with Crippen LogP contribution in [-0.2, 0) is 0 Å². The summed E-state index contributed by atoms with van der Waals surface area (Å²) in [6, 6.07) is 10.1. The van der Waals surface area contributed by atoms with Gasteiger partial charge >= 0.3 is 0 Å². The van der Waals surface area contributed by atoms with Crippen LogP contribution in [0.2, 0.25) is 5.02 Å². The molecule has 0 saturated heterocycles. The molecule has 5 heteroatoms. The van der Waals surface area contributed by atoms with Gasteiger partial charge < -0.3 is 15.2 Å². The second-order valence-corrected chi connectivity index (χ2v) is 4.30. The first kappa shape index (κ1) is 10.9. The lowest BCUT2D eigenvalue weighted by molar-refractivity contribution is 0.405. The third-order valence-electron chi connectivity index (χ3n) is 2.73. The van der Waals surface area contributed by atoms with E-state index < -0.39 is 0 Å². The van der Waals surface area contributed by atoms with Gasteiger partial charge in [0.1, 0.15) is 11.3 Å². The summed E-state index contributed by atoms with van der Waals surface area (Å²) in [6.45, 7) is 0. The molecule has 0 amide bonds. The van der Waals surface area contributed by atoms with Gasteiger partial charge in [0.05, 0.1) is 16.1 Å². The second kappa shape index (κ2) is 3.92. The molecule has 0 saturated carbocycles. The number of aromatic nitrogens is 2. The van der Waals surface area contributed by atoms with Crippen LogP contribution in [0.3, 0.4) is 0 Å². The largest absolute Gasteiger partial charge is 0.504 e. The zero-order chi connectivity index (χ0) is 12.7. The fourth-order valence-corrected chi connectivity index (χ4v) is 2.06. The molecule has 1 heterocycles. The molecule has 3 N–H and O–H groups in total. The SMILES string of the molecule is Oc1cccc(-c2nc3c(Cl)cccc3[nH]2)c1O. The molecule has 4 nitrogen and oxygen atoms in total. The summed E-state index contributed by atoms with van der Waals surface area (Å²) in [6.07, 6.45) is 0. The molecular weight excluding hydrogens is 252 g/mol. The molecular formula is C13H9ClN2O2. The topological polar surface area (TPSA) is 69.1 Å².